The fourth-order valence-electron chi connectivity index (χ4n) is 4.76. The van der Waals surface area contributed by atoms with E-state index in [1.54, 1.807) is 0 Å². The molecule has 3 aromatic rings. The van der Waals surface area contributed by atoms with Crippen molar-refractivity contribution in [2.75, 3.05) is 13.2 Å². The molecule has 0 bridgehead atoms. The molecule has 0 aliphatic carbocycles. The lowest BCUT2D eigenvalue weighted by Gasteiger charge is -2.44. The minimum absolute atomic E-state index is 0.121. The molecular weight excluding hydrogens is 466 g/mol. The van der Waals surface area contributed by atoms with Gasteiger partial charge in [0.2, 0.25) is 0 Å². The number of ether oxygens (including phenoxy) is 1. The van der Waals surface area contributed by atoms with Gasteiger partial charge in [0.15, 0.2) is 0 Å². The van der Waals surface area contributed by atoms with Crippen molar-refractivity contribution in [2.24, 2.45) is 5.92 Å². The van der Waals surface area contributed by atoms with Crippen LogP contribution in [0.5, 0.6) is 0 Å². The molecule has 0 saturated heterocycles. The summed E-state index contributed by atoms with van der Waals surface area (Å²) in [6.45, 7) is 7.42. The number of nitrogens with zero attached hydrogens (tertiary/aromatic N) is 1. The summed E-state index contributed by atoms with van der Waals surface area (Å²) in [4.78, 5) is 26.4. The molecule has 36 heavy (non-hydrogen) atoms. The van der Waals surface area contributed by atoms with E-state index in [1.807, 2.05) is 48.5 Å². The molecule has 0 spiro atoms. The summed E-state index contributed by atoms with van der Waals surface area (Å²) in [6.07, 6.45) is 2.66. The molecule has 0 saturated carbocycles. The average Bonchev–Trinajstić information content (AvgIpc) is 2.89. The molecule has 0 radical (unpaired) electrons. The molecule has 4 rings (SSSR count). The number of hydrogen-bond acceptors (Lipinski definition) is 4. The molecule has 186 valence electrons. The monoisotopic (exact) mass is 499 g/mol. The van der Waals surface area contributed by atoms with E-state index < -0.39 is 14.4 Å². The van der Waals surface area contributed by atoms with E-state index in [1.165, 1.54) is 21.3 Å². The molecule has 1 aliphatic rings. The van der Waals surface area contributed by atoms with Gasteiger partial charge in [-0.15, -0.1) is 0 Å². The Hall–Kier alpha value is -3.48. The van der Waals surface area contributed by atoms with Crippen molar-refractivity contribution >= 4 is 30.7 Å². The maximum atomic E-state index is 12.7. The van der Waals surface area contributed by atoms with Gasteiger partial charge >= 0.3 is 6.09 Å². The van der Waals surface area contributed by atoms with Crippen molar-refractivity contribution < 1.29 is 18.8 Å². The summed E-state index contributed by atoms with van der Waals surface area (Å²) in [5.41, 5.74) is 0.873. The van der Waals surface area contributed by atoms with Gasteiger partial charge in [-0.3, -0.25) is 4.79 Å². The molecule has 6 heteroatoms. The number of carbonyl (C=O) groups is 2. The fraction of sp³-hybridized carbons (Fsp3) is 0.267. The number of rotatable bonds is 7. The lowest BCUT2D eigenvalue weighted by atomic mass is 10.1. The molecule has 1 heterocycles. The standard InChI is InChI=1S/C30H33NO4Si/c1-30(2,3)36(26-15-9-5-10-16-26,27-17-11-6-12-18-27)35-23-25-19-20-28(32)31(21-25)29(33)34-22-24-13-7-4-8-14-24/h4-20,25H,21-23H2,1-3H3/t25-/m0/s1. The van der Waals surface area contributed by atoms with Gasteiger partial charge in [-0.1, -0.05) is 118 Å². The van der Waals surface area contributed by atoms with Crippen molar-refractivity contribution in [3.8, 4) is 0 Å². The van der Waals surface area contributed by atoms with Crippen LogP contribution >= 0.6 is 0 Å². The molecule has 2 amide bonds. The van der Waals surface area contributed by atoms with Crippen molar-refractivity contribution in [3.05, 3.63) is 109 Å². The maximum absolute atomic E-state index is 12.7. The van der Waals surface area contributed by atoms with Crippen LogP contribution in [-0.4, -0.2) is 38.4 Å². The summed E-state index contributed by atoms with van der Waals surface area (Å²) in [5.74, 6) is -0.497. The van der Waals surface area contributed by atoms with E-state index in [2.05, 4.69) is 69.3 Å². The summed E-state index contributed by atoms with van der Waals surface area (Å²) in [5, 5.41) is 2.23. The van der Waals surface area contributed by atoms with Gasteiger partial charge in [-0.05, 0) is 21.0 Å². The van der Waals surface area contributed by atoms with Gasteiger partial charge in [0.25, 0.3) is 14.2 Å². The summed E-state index contributed by atoms with van der Waals surface area (Å²) < 4.78 is 12.4. The highest BCUT2D eigenvalue weighted by molar-refractivity contribution is 6.99. The summed E-state index contributed by atoms with van der Waals surface area (Å²) >= 11 is 0. The Balaban J connectivity index is 1.54. The van der Waals surface area contributed by atoms with Crippen LogP contribution in [-0.2, 0) is 20.6 Å². The zero-order chi connectivity index (χ0) is 25.6. The van der Waals surface area contributed by atoms with Crippen LogP contribution in [0.3, 0.4) is 0 Å². The summed E-state index contributed by atoms with van der Waals surface area (Å²) in [6, 6.07) is 30.3. The zero-order valence-corrected chi connectivity index (χ0v) is 22.1. The van der Waals surface area contributed by atoms with Gasteiger partial charge < -0.3 is 9.16 Å². The molecule has 0 N–H and O–H groups in total. The fourth-order valence-corrected chi connectivity index (χ4v) is 9.38. The molecule has 1 aliphatic heterocycles. The number of imide groups is 1. The number of amides is 2. The summed E-state index contributed by atoms with van der Waals surface area (Å²) in [7, 11) is -2.71. The van der Waals surface area contributed by atoms with Crippen molar-refractivity contribution in [2.45, 2.75) is 32.4 Å². The van der Waals surface area contributed by atoms with Crippen molar-refractivity contribution in [1.29, 1.82) is 0 Å². The van der Waals surface area contributed by atoms with Crippen LogP contribution in [0.15, 0.2) is 103 Å². The first-order valence-corrected chi connectivity index (χ1v) is 14.2. The Morgan fingerprint density at radius 1 is 0.889 bits per heavy atom. The lowest BCUT2D eigenvalue weighted by Crippen LogP contribution is -2.67. The molecular formula is C30H33NO4Si. The normalized spacial score (nSPS) is 16.1. The van der Waals surface area contributed by atoms with Crippen LogP contribution in [0.2, 0.25) is 5.04 Å². The highest BCUT2D eigenvalue weighted by atomic mass is 28.4. The Morgan fingerprint density at radius 3 is 1.94 bits per heavy atom. The Morgan fingerprint density at radius 2 is 1.42 bits per heavy atom. The first-order chi connectivity index (χ1) is 17.3. The van der Waals surface area contributed by atoms with Gasteiger partial charge in [0, 0.05) is 25.1 Å². The quantitative estimate of drug-likeness (QED) is 0.433. The van der Waals surface area contributed by atoms with Crippen LogP contribution in [0.1, 0.15) is 26.3 Å². The van der Waals surface area contributed by atoms with Crippen LogP contribution in [0.25, 0.3) is 0 Å². The van der Waals surface area contributed by atoms with Gasteiger partial charge in [0.05, 0.1) is 0 Å². The van der Waals surface area contributed by atoms with E-state index in [9.17, 15) is 9.59 Å². The lowest BCUT2D eigenvalue weighted by molar-refractivity contribution is -0.125. The zero-order valence-electron chi connectivity index (χ0n) is 21.1. The first-order valence-electron chi connectivity index (χ1n) is 12.3. The van der Waals surface area contributed by atoms with Crippen molar-refractivity contribution in [1.82, 2.24) is 4.90 Å². The van der Waals surface area contributed by atoms with E-state index >= 15 is 0 Å². The second kappa shape index (κ2) is 11.1. The minimum atomic E-state index is -2.71. The van der Waals surface area contributed by atoms with Crippen LogP contribution in [0.4, 0.5) is 4.79 Å². The Kier molecular flexibility index (Phi) is 7.87. The van der Waals surface area contributed by atoms with Crippen LogP contribution in [0, 0.1) is 5.92 Å². The molecule has 1 atom stereocenters. The highest BCUT2D eigenvalue weighted by Crippen LogP contribution is 2.37. The Bertz CT molecular complexity index is 1150. The van der Waals surface area contributed by atoms with Crippen molar-refractivity contribution in [3.63, 3.8) is 0 Å². The third-order valence-electron chi connectivity index (χ3n) is 6.55. The maximum Gasteiger partial charge on any atom is 0.417 e. The third kappa shape index (κ3) is 5.50. The van der Waals surface area contributed by atoms with E-state index in [-0.39, 0.29) is 30.0 Å². The SMILES string of the molecule is CC(C)(C)[Si](OC[C@H]1C=CC(=O)N(C(=O)OCc2ccccc2)C1)(c1ccccc1)c1ccccc1. The largest absolute Gasteiger partial charge is 0.444 e. The number of benzene rings is 3. The molecule has 0 unspecified atom stereocenters. The Labute approximate surface area is 214 Å². The van der Waals surface area contributed by atoms with Gasteiger partial charge in [-0.25, -0.2) is 9.69 Å². The van der Waals surface area contributed by atoms with E-state index in [4.69, 9.17) is 9.16 Å². The van der Waals surface area contributed by atoms with Gasteiger partial charge in [0.1, 0.15) is 6.61 Å². The second-order valence-corrected chi connectivity index (χ2v) is 14.4. The first kappa shape index (κ1) is 25.6. The molecule has 3 aromatic carbocycles. The third-order valence-corrected chi connectivity index (χ3v) is 11.6. The van der Waals surface area contributed by atoms with Crippen LogP contribution < -0.4 is 10.4 Å². The van der Waals surface area contributed by atoms with Gasteiger partial charge in [-0.2, -0.15) is 0 Å². The van der Waals surface area contributed by atoms with E-state index in [0.29, 0.717) is 6.61 Å². The molecule has 5 nitrogen and oxygen atoms in total. The number of hydrogen-bond donors (Lipinski definition) is 0. The molecule has 0 fully saturated rings. The highest BCUT2D eigenvalue weighted by Gasteiger charge is 2.50. The average molecular weight is 500 g/mol. The minimum Gasteiger partial charge on any atom is -0.444 e. The predicted octanol–water partition coefficient (Wildman–Crippen LogP) is 4.91. The predicted molar refractivity (Wildman–Crippen MR) is 145 cm³/mol. The second-order valence-electron chi connectivity index (χ2n) is 10.1. The smallest absolute Gasteiger partial charge is 0.417 e. The topological polar surface area (TPSA) is 55.8 Å². The van der Waals surface area contributed by atoms with E-state index in [0.717, 1.165) is 5.56 Å². The molecule has 0 aromatic heterocycles. The number of carbonyl (C=O) groups excluding carboxylic acids is 2.